The lowest BCUT2D eigenvalue weighted by Crippen LogP contribution is -2.13. The van der Waals surface area contributed by atoms with Crippen molar-refractivity contribution in [1.82, 2.24) is 10.5 Å². The second-order valence-corrected chi connectivity index (χ2v) is 5.37. The Morgan fingerprint density at radius 1 is 1.30 bits per heavy atom. The Morgan fingerprint density at radius 2 is 2.04 bits per heavy atom. The number of methoxy groups -OCH3 is 1. The van der Waals surface area contributed by atoms with E-state index in [2.05, 4.69) is 31.1 Å². The molecule has 0 aliphatic rings. The van der Waals surface area contributed by atoms with Crippen LogP contribution in [-0.4, -0.2) is 18.9 Å². The average Bonchev–Trinajstić information content (AvgIpc) is 2.86. The van der Waals surface area contributed by atoms with E-state index >= 15 is 0 Å². The summed E-state index contributed by atoms with van der Waals surface area (Å²) in [7, 11) is 1.40. The van der Waals surface area contributed by atoms with E-state index in [-0.39, 0.29) is 23.9 Å². The molecule has 0 unspecified atom stereocenters. The van der Waals surface area contributed by atoms with Crippen molar-refractivity contribution in [1.29, 1.82) is 0 Å². The van der Waals surface area contributed by atoms with Crippen molar-refractivity contribution in [3.05, 3.63) is 39.7 Å². The van der Waals surface area contributed by atoms with Gasteiger partial charge < -0.3 is 19.3 Å². The van der Waals surface area contributed by atoms with E-state index in [0.29, 0.717) is 17.6 Å². The van der Waals surface area contributed by atoms with Gasteiger partial charge >= 0.3 is 6.61 Å². The Kier molecular flexibility index (Phi) is 7.74. The predicted octanol–water partition coefficient (Wildman–Crippen LogP) is 4.07. The summed E-state index contributed by atoms with van der Waals surface area (Å²) >= 11 is 3.21. The highest BCUT2D eigenvalue weighted by Crippen LogP contribution is 2.37. The summed E-state index contributed by atoms with van der Waals surface area (Å²) in [4.78, 5) is 0. The fourth-order valence-corrected chi connectivity index (χ4v) is 2.50. The molecule has 5 nitrogen and oxygen atoms in total. The summed E-state index contributed by atoms with van der Waals surface area (Å²) in [5.74, 6) is 0.965. The zero-order chi connectivity index (χ0) is 16.1. The Bertz CT molecular complexity index is 640. The van der Waals surface area contributed by atoms with Gasteiger partial charge in [0.1, 0.15) is 5.76 Å². The number of benzene rings is 1. The molecule has 1 aromatic heterocycles. The molecule has 0 fully saturated rings. The van der Waals surface area contributed by atoms with Gasteiger partial charge in [0, 0.05) is 19.2 Å². The van der Waals surface area contributed by atoms with Crippen molar-refractivity contribution in [2.24, 2.45) is 0 Å². The van der Waals surface area contributed by atoms with Crippen LogP contribution in [0, 0.1) is 6.92 Å². The molecule has 2 rings (SSSR count). The van der Waals surface area contributed by atoms with Gasteiger partial charge in [-0.25, -0.2) is 0 Å². The second kappa shape index (κ2) is 9.05. The van der Waals surface area contributed by atoms with Gasteiger partial charge in [-0.2, -0.15) is 8.78 Å². The molecule has 23 heavy (non-hydrogen) atoms. The number of aromatic nitrogens is 1. The largest absolute Gasteiger partial charge is 0.493 e. The monoisotopic (exact) mass is 412 g/mol. The van der Waals surface area contributed by atoms with Crippen LogP contribution in [0.3, 0.4) is 0 Å². The molecule has 0 bridgehead atoms. The van der Waals surface area contributed by atoms with Crippen molar-refractivity contribution in [3.63, 3.8) is 0 Å². The number of hydrogen-bond donors (Lipinski definition) is 1. The molecule has 1 aromatic carbocycles. The number of halogens is 4. The Hall–Kier alpha value is -1.38. The number of alkyl halides is 2. The molecular formula is C14H16BrClF2N2O3. The maximum absolute atomic E-state index is 12.4. The van der Waals surface area contributed by atoms with Crippen LogP contribution < -0.4 is 14.8 Å². The van der Waals surface area contributed by atoms with Crippen LogP contribution in [0.15, 0.2) is 27.2 Å². The molecule has 9 heteroatoms. The lowest BCUT2D eigenvalue weighted by molar-refractivity contribution is -0.0517. The lowest BCUT2D eigenvalue weighted by Gasteiger charge is -2.14. The normalized spacial score (nSPS) is 10.5. The van der Waals surface area contributed by atoms with Crippen molar-refractivity contribution in [2.75, 3.05) is 7.11 Å². The first kappa shape index (κ1) is 19.7. The molecule has 128 valence electrons. The van der Waals surface area contributed by atoms with E-state index in [0.717, 1.165) is 17.0 Å². The molecule has 0 atom stereocenters. The molecule has 0 aliphatic heterocycles. The van der Waals surface area contributed by atoms with Crippen molar-refractivity contribution < 1.29 is 22.8 Å². The molecule has 0 saturated heterocycles. The third kappa shape index (κ3) is 5.63. The van der Waals surface area contributed by atoms with Gasteiger partial charge in [0.15, 0.2) is 11.5 Å². The zero-order valence-electron chi connectivity index (χ0n) is 12.4. The average molecular weight is 414 g/mol. The maximum atomic E-state index is 12.4. The minimum absolute atomic E-state index is 0. The summed E-state index contributed by atoms with van der Waals surface area (Å²) in [5, 5.41) is 7.05. The van der Waals surface area contributed by atoms with Crippen molar-refractivity contribution in [2.45, 2.75) is 26.6 Å². The quantitative estimate of drug-likeness (QED) is 0.742. The van der Waals surface area contributed by atoms with E-state index in [1.54, 1.807) is 12.1 Å². The highest BCUT2D eigenvalue weighted by atomic mass is 79.9. The fraction of sp³-hybridized carbons (Fsp3) is 0.357. The molecule has 1 N–H and O–H groups in total. The molecule has 0 saturated carbocycles. The van der Waals surface area contributed by atoms with Gasteiger partial charge in [0.05, 0.1) is 17.3 Å². The van der Waals surface area contributed by atoms with Gasteiger partial charge in [0.25, 0.3) is 0 Å². The standard InChI is InChI=1S/C14H15BrF2N2O3.ClH/c1-8-3-10(19-22-8)7-18-6-9-4-11(15)13(21-14(16)17)12(5-9)20-2;/h3-5,14,18H,6-7H2,1-2H3;1H. The second-order valence-electron chi connectivity index (χ2n) is 4.52. The lowest BCUT2D eigenvalue weighted by atomic mass is 10.2. The summed E-state index contributed by atoms with van der Waals surface area (Å²) < 4.78 is 39.7. The summed E-state index contributed by atoms with van der Waals surface area (Å²) in [6, 6.07) is 5.17. The minimum Gasteiger partial charge on any atom is -0.493 e. The highest BCUT2D eigenvalue weighted by Gasteiger charge is 2.15. The maximum Gasteiger partial charge on any atom is 0.387 e. The van der Waals surface area contributed by atoms with E-state index in [1.807, 2.05) is 13.0 Å². The molecule has 0 spiro atoms. The van der Waals surface area contributed by atoms with E-state index in [4.69, 9.17) is 9.26 Å². The van der Waals surface area contributed by atoms with E-state index < -0.39 is 6.61 Å². The molecular weight excluding hydrogens is 398 g/mol. The zero-order valence-corrected chi connectivity index (χ0v) is 14.8. The number of rotatable bonds is 7. The van der Waals surface area contributed by atoms with Crippen LogP contribution in [0.25, 0.3) is 0 Å². The molecule has 2 aromatic rings. The Balaban J connectivity index is 0.00000264. The van der Waals surface area contributed by atoms with Crippen molar-refractivity contribution >= 4 is 28.3 Å². The Morgan fingerprint density at radius 3 is 2.61 bits per heavy atom. The number of nitrogens with zero attached hydrogens (tertiary/aromatic N) is 1. The van der Waals surface area contributed by atoms with Gasteiger partial charge in [-0.05, 0) is 40.5 Å². The summed E-state index contributed by atoms with van der Waals surface area (Å²) in [6.45, 7) is -0.0487. The summed E-state index contributed by atoms with van der Waals surface area (Å²) in [5.41, 5.74) is 1.65. The molecule has 0 aliphatic carbocycles. The van der Waals surface area contributed by atoms with Crippen LogP contribution in [0.4, 0.5) is 8.78 Å². The summed E-state index contributed by atoms with van der Waals surface area (Å²) in [6.07, 6.45) is 0. The number of hydrogen-bond acceptors (Lipinski definition) is 5. The molecule has 1 heterocycles. The number of nitrogens with one attached hydrogen (secondary N) is 1. The van der Waals surface area contributed by atoms with E-state index in [1.165, 1.54) is 7.11 Å². The van der Waals surface area contributed by atoms with Gasteiger partial charge in [0.2, 0.25) is 0 Å². The van der Waals surface area contributed by atoms with Crippen molar-refractivity contribution in [3.8, 4) is 11.5 Å². The minimum atomic E-state index is -2.91. The molecule has 0 amide bonds. The number of ether oxygens (including phenoxy) is 2. The van der Waals surface area contributed by atoms with Crippen LogP contribution in [0.5, 0.6) is 11.5 Å². The number of aryl methyl sites for hydroxylation is 1. The third-order valence-electron chi connectivity index (χ3n) is 2.81. The van der Waals surface area contributed by atoms with Gasteiger partial charge in [-0.15, -0.1) is 12.4 Å². The van der Waals surface area contributed by atoms with Gasteiger partial charge in [-0.1, -0.05) is 5.16 Å². The first-order valence-corrected chi connectivity index (χ1v) is 7.23. The topological polar surface area (TPSA) is 56.5 Å². The molecule has 0 radical (unpaired) electrons. The highest BCUT2D eigenvalue weighted by molar-refractivity contribution is 9.10. The van der Waals surface area contributed by atoms with Crippen LogP contribution in [0.2, 0.25) is 0 Å². The smallest absolute Gasteiger partial charge is 0.387 e. The predicted molar refractivity (Wildman–Crippen MR) is 86.4 cm³/mol. The fourth-order valence-electron chi connectivity index (χ4n) is 1.91. The van der Waals surface area contributed by atoms with E-state index in [9.17, 15) is 8.78 Å². The Labute approximate surface area is 146 Å². The van der Waals surface area contributed by atoms with Gasteiger partial charge in [-0.3, -0.25) is 0 Å². The van der Waals surface area contributed by atoms with Crippen LogP contribution >= 0.6 is 28.3 Å². The van der Waals surface area contributed by atoms with Crippen LogP contribution in [0.1, 0.15) is 17.0 Å². The first-order chi connectivity index (χ1) is 10.5. The third-order valence-corrected chi connectivity index (χ3v) is 3.40. The first-order valence-electron chi connectivity index (χ1n) is 6.43. The SMILES string of the molecule is COc1cc(CNCc2cc(C)on2)cc(Br)c1OC(F)F.Cl. The van der Waals surface area contributed by atoms with Crippen LogP contribution in [-0.2, 0) is 13.1 Å².